The van der Waals surface area contributed by atoms with E-state index >= 15 is 0 Å². The van der Waals surface area contributed by atoms with E-state index in [0.717, 1.165) is 38.4 Å². The number of nitrogens with zero attached hydrogens (tertiary/aromatic N) is 4. The second kappa shape index (κ2) is 10.6. The van der Waals surface area contributed by atoms with E-state index < -0.39 is 0 Å². The number of benzene rings is 7. The minimum atomic E-state index is 0.525. The number of hydrogen-bond acceptors (Lipinski definition) is 4. The van der Waals surface area contributed by atoms with Crippen LogP contribution >= 0.6 is 0 Å². The van der Waals surface area contributed by atoms with Crippen LogP contribution in [0.25, 0.3) is 77.6 Å². The zero-order valence-corrected chi connectivity index (χ0v) is 23.6. The molecule has 4 heteroatoms. The molecule has 0 fully saturated rings. The first-order chi connectivity index (χ1) is 21.7. The summed E-state index contributed by atoms with van der Waals surface area (Å²) < 4.78 is 0. The van der Waals surface area contributed by atoms with Crippen molar-refractivity contribution in [2.24, 2.45) is 0 Å². The SMILES string of the molecule is N#Cc1cccc(-c2nc(-c3ccc(-c4cccc5ccccc45)cc3)nc(-c3cc4ccccc4c4ccccc34)n2)c1. The Morgan fingerprint density at radius 1 is 0.386 bits per heavy atom. The molecule has 0 spiro atoms. The average molecular weight is 561 g/mol. The van der Waals surface area contributed by atoms with Gasteiger partial charge in [-0.25, -0.2) is 15.0 Å². The predicted molar refractivity (Wildman–Crippen MR) is 179 cm³/mol. The van der Waals surface area contributed by atoms with Gasteiger partial charge in [0.15, 0.2) is 17.5 Å². The van der Waals surface area contributed by atoms with Crippen molar-refractivity contribution >= 4 is 32.3 Å². The Kier molecular flexibility index (Phi) is 6.14. The molecule has 1 heterocycles. The van der Waals surface area contributed by atoms with E-state index in [4.69, 9.17) is 15.0 Å². The minimum Gasteiger partial charge on any atom is -0.208 e. The third kappa shape index (κ3) is 4.45. The summed E-state index contributed by atoms with van der Waals surface area (Å²) in [5.74, 6) is 1.69. The van der Waals surface area contributed by atoms with E-state index in [-0.39, 0.29) is 0 Å². The first kappa shape index (κ1) is 25.5. The highest BCUT2D eigenvalue weighted by atomic mass is 15.0. The molecule has 0 radical (unpaired) electrons. The topological polar surface area (TPSA) is 62.5 Å². The summed E-state index contributed by atoms with van der Waals surface area (Å²) in [6, 6.07) is 51.8. The molecule has 8 aromatic rings. The summed E-state index contributed by atoms with van der Waals surface area (Å²) >= 11 is 0. The van der Waals surface area contributed by atoms with E-state index in [1.54, 1.807) is 6.07 Å². The van der Waals surface area contributed by atoms with Crippen molar-refractivity contribution in [2.75, 3.05) is 0 Å². The molecule has 0 aliphatic heterocycles. The Labute approximate surface area is 254 Å². The molecular formula is C40H24N4. The average Bonchev–Trinajstić information content (AvgIpc) is 3.11. The van der Waals surface area contributed by atoms with Crippen LogP contribution in [-0.2, 0) is 0 Å². The molecule has 7 aromatic carbocycles. The van der Waals surface area contributed by atoms with Gasteiger partial charge in [0.1, 0.15) is 0 Å². The van der Waals surface area contributed by atoms with Gasteiger partial charge in [-0.3, -0.25) is 0 Å². The molecule has 8 rings (SSSR count). The van der Waals surface area contributed by atoms with Crippen LogP contribution in [0.2, 0.25) is 0 Å². The maximum Gasteiger partial charge on any atom is 0.164 e. The van der Waals surface area contributed by atoms with E-state index in [1.807, 2.05) is 24.3 Å². The predicted octanol–water partition coefficient (Wildman–Crippen LogP) is 9.87. The molecule has 0 aliphatic rings. The number of hydrogen-bond donors (Lipinski definition) is 0. The summed E-state index contributed by atoms with van der Waals surface area (Å²) in [5.41, 5.74) is 5.46. The van der Waals surface area contributed by atoms with Crippen LogP contribution in [0.4, 0.5) is 0 Å². The highest BCUT2D eigenvalue weighted by Crippen LogP contribution is 2.35. The lowest BCUT2D eigenvalue weighted by molar-refractivity contribution is 1.08. The van der Waals surface area contributed by atoms with Gasteiger partial charge in [0.2, 0.25) is 0 Å². The standard InChI is InChI=1S/C40H24N4/c41-25-26-9-7-13-31(23-26)39-42-38(29-21-19-28(20-22-29)33-18-8-12-27-10-1-3-14-32(27)33)43-40(44-39)37-24-30-11-2-4-15-34(30)35-16-5-6-17-36(35)37/h1-24H. The molecule has 0 atom stereocenters. The Morgan fingerprint density at radius 2 is 0.977 bits per heavy atom. The fourth-order valence-electron chi connectivity index (χ4n) is 6.00. The first-order valence-electron chi connectivity index (χ1n) is 14.5. The van der Waals surface area contributed by atoms with Crippen LogP contribution in [0.1, 0.15) is 5.56 Å². The molecule has 0 aliphatic carbocycles. The maximum atomic E-state index is 9.58. The highest BCUT2D eigenvalue weighted by molar-refractivity contribution is 6.13. The van der Waals surface area contributed by atoms with Crippen molar-refractivity contribution in [2.45, 2.75) is 0 Å². The summed E-state index contributed by atoms with van der Waals surface area (Å²) in [5, 5.41) is 16.5. The molecule has 44 heavy (non-hydrogen) atoms. The Morgan fingerprint density at radius 3 is 1.77 bits per heavy atom. The van der Waals surface area contributed by atoms with Gasteiger partial charge in [-0.15, -0.1) is 0 Å². The van der Waals surface area contributed by atoms with Gasteiger partial charge < -0.3 is 0 Å². The Hall–Kier alpha value is -6.18. The molecule has 0 saturated heterocycles. The van der Waals surface area contributed by atoms with Crippen molar-refractivity contribution < 1.29 is 0 Å². The van der Waals surface area contributed by atoms with Crippen LogP contribution in [0.3, 0.4) is 0 Å². The minimum absolute atomic E-state index is 0.525. The van der Waals surface area contributed by atoms with Crippen LogP contribution in [0.15, 0.2) is 146 Å². The molecule has 1 aromatic heterocycles. The number of rotatable bonds is 4. The lowest BCUT2D eigenvalue weighted by atomic mass is 9.96. The second-order valence-corrected chi connectivity index (χ2v) is 10.8. The van der Waals surface area contributed by atoms with Crippen molar-refractivity contribution in [3.63, 3.8) is 0 Å². The van der Waals surface area contributed by atoms with Crippen LogP contribution in [-0.4, -0.2) is 15.0 Å². The van der Waals surface area contributed by atoms with Gasteiger partial charge in [-0.05, 0) is 61.6 Å². The normalized spacial score (nSPS) is 11.2. The fourth-order valence-corrected chi connectivity index (χ4v) is 6.00. The summed E-state index contributed by atoms with van der Waals surface area (Å²) in [4.78, 5) is 15.0. The monoisotopic (exact) mass is 560 g/mol. The van der Waals surface area contributed by atoms with Crippen molar-refractivity contribution in [3.05, 3.63) is 151 Å². The van der Waals surface area contributed by atoms with Gasteiger partial charge in [0.25, 0.3) is 0 Å². The van der Waals surface area contributed by atoms with Crippen molar-refractivity contribution in [1.82, 2.24) is 15.0 Å². The lowest BCUT2D eigenvalue weighted by Crippen LogP contribution is -2.01. The molecule has 0 bridgehead atoms. The van der Waals surface area contributed by atoms with Gasteiger partial charge in [-0.2, -0.15) is 5.26 Å². The first-order valence-corrected chi connectivity index (χ1v) is 14.5. The molecule has 0 N–H and O–H groups in total. The largest absolute Gasteiger partial charge is 0.208 e. The third-order valence-electron chi connectivity index (χ3n) is 8.14. The number of nitriles is 1. The van der Waals surface area contributed by atoms with Crippen LogP contribution in [0.5, 0.6) is 0 Å². The molecule has 204 valence electrons. The van der Waals surface area contributed by atoms with E-state index in [2.05, 4.69) is 121 Å². The molecule has 0 unspecified atom stereocenters. The lowest BCUT2D eigenvalue weighted by Gasteiger charge is -2.13. The fraction of sp³-hybridized carbons (Fsp3) is 0. The Bertz CT molecular complexity index is 2400. The third-order valence-corrected chi connectivity index (χ3v) is 8.14. The summed E-state index contributed by atoms with van der Waals surface area (Å²) in [6.07, 6.45) is 0. The quantitative estimate of drug-likeness (QED) is 0.201. The smallest absolute Gasteiger partial charge is 0.164 e. The zero-order valence-electron chi connectivity index (χ0n) is 23.6. The summed E-state index contributed by atoms with van der Waals surface area (Å²) in [6.45, 7) is 0. The van der Waals surface area contributed by atoms with Crippen molar-refractivity contribution in [3.8, 4) is 51.4 Å². The molecular weight excluding hydrogens is 536 g/mol. The van der Waals surface area contributed by atoms with Gasteiger partial charge in [-0.1, -0.05) is 127 Å². The molecule has 0 saturated carbocycles. The summed E-state index contributed by atoms with van der Waals surface area (Å²) in [7, 11) is 0. The Balaban J connectivity index is 1.32. The van der Waals surface area contributed by atoms with Gasteiger partial charge in [0, 0.05) is 16.7 Å². The van der Waals surface area contributed by atoms with Gasteiger partial charge >= 0.3 is 0 Å². The maximum absolute atomic E-state index is 9.58. The zero-order chi connectivity index (χ0) is 29.5. The van der Waals surface area contributed by atoms with Crippen LogP contribution < -0.4 is 0 Å². The second-order valence-electron chi connectivity index (χ2n) is 10.8. The van der Waals surface area contributed by atoms with Gasteiger partial charge in [0.05, 0.1) is 11.6 Å². The molecule has 4 nitrogen and oxygen atoms in total. The van der Waals surface area contributed by atoms with E-state index in [9.17, 15) is 5.26 Å². The van der Waals surface area contributed by atoms with Crippen LogP contribution in [0, 0.1) is 11.3 Å². The van der Waals surface area contributed by atoms with E-state index in [1.165, 1.54) is 21.7 Å². The van der Waals surface area contributed by atoms with E-state index in [0.29, 0.717) is 23.0 Å². The highest BCUT2D eigenvalue weighted by Gasteiger charge is 2.16. The number of fused-ring (bicyclic) bond motifs is 4. The molecule has 0 amide bonds. The number of aromatic nitrogens is 3. The van der Waals surface area contributed by atoms with Crippen molar-refractivity contribution in [1.29, 1.82) is 5.26 Å².